The van der Waals surface area contributed by atoms with Crippen LogP contribution in [0.4, 0.5) is 5.69 Å². The normalized spacial score (nSPS) is 16.0. The van der Waals surface area contributed by atoms with Crippen LogP contribution < -0.4 is 9.73 Å². The van der Waals surface area contributed by atoms with E-state index in [1.807, 2.05) is 6.92 Å². The fourth-order valence-electron chi connectivity index (χ4n) is 4.20. The number of anilines is 1. The van der Waals surface area contributed by atoms with Gasteiger partial charge in [-0.1, -0.05) is 78.6 Å². The van der Waals surface area contributed by atoms with Crippen molar-refractivity contribution in [3.63, 3.8) is 0 Å². The van der Waals surface area contributed by atoms with Crippen LogP contribution in [0.15, 0.2) is 63.0 Å². The first kappa shape index (κ1) is 27.4. The maximum Gasteiger partial charge on any atom is 0.264 e. The number of benzene rings is 2. The highest BCUT2D eigenvalue weighted by atomic mass is 79.9. The number of sulfonamides is 1. The lowest BCUT2D eigenvalue weighted by Gasteiger charge is -2.24. The number of nitrogens with zero attached hydrogens (tertiary/aromatic N) is 2. The number of nitrogens with one attached hydrogen (secondary N) is 1. The summed E-state index contributed by atoms with van der Waals surface area (Å²) in [6.07, 6.45) is 12.7. The molecule has 2 aromatic rings. The monoisotopic (exact) mass is 561 g/mol. The van der Waals surface area contributed by atoms with Crippen molar-refractivity contribution in [3.05, 3.63) is 58.6 Å². The summed E-state index contributed by atoms with van der Waals surface area (Å²) in [6.45, 7) is 1.55. The number of rotatable bonds is 6. The van der Waals surface area contributed by atoms with E-state index in [0.29, 0.717) is 5.69 Å². The third-order valence-corrected chi connectivity index (χ3v) is 8.60. The van der Waals surface area contributed by atoms with Crippen LogP contribution in [0.2, 0.25) is 0 Å². The molecule has 1 saturated carbocycles. The van der Waals surface area contributed by atoms with E-state index in [1.165, 1.54) is 44.9 Å². The van der Waals surface area contributed by atoms with Gasteiger partial charge in [0.05, 0.1) is 10.6 Å². The second-order valence-corrected chi connectivity index (χ2v) is 12.0. The van der Waals surface area contributed by atoms with Crippen molar-refractivity contribution in [2.75, 3.05) is 10.8 Å². The summed E-state index contributed by atoms with van der Waals surface area (Å²) in [6, 6.07) is 13.5. The topological polar surface area (TPSA) is 78.8 Å². The predicted octanol–water partition coefficient (Wildman–Crippen LogP) is 6.73. The number of hydrazone groups is 1. The summed E-state index contributed by atoms with van der Waals surface area (Å²) < 4.78 is 28.9. The average Bonchev–Trinajstić information content (AvgIpc) is 2.83. The van der Waals surface area contributed by atoms with E-state index >= 15 is 0 Å². The first-order valence-electron chi connectivity index (χ1n) is 12.6. The first-order valence-corrected chi connectivity index (χ1v) is 14.8. The first-order chi connectivity index (χ1) is 16.9. The molecule has 0 radical (unpaired) electrons. The highest BCUT2D eigenvalue weighted by Gasteiger charge is 2.27. The third kappa shape index (κ3) is 8.76. The molecule has 6 nitrogen and oxygen atoms in total. The van der Waals surface area contributed by atoms with Gasteiger partial charge >= 0.3 is 0 Å². The molecule has 3 rings (SSSR count). The molecule has 0 atom stereocenters. The molecular weight excluding hydrogens is 526 g/mol. The Morgan fingerprint density at radius 2 is 1.37 bits per heavy atom. The summed E-state index contributed by atoms with van der Waals surface area (Å²) in [5, 5.41) is 4.43. The number of carbonyl (C=O) groups is 1. The summed E-state index contributed by atoms with van der Waals surface area (Å²) >= 11 is 3.38. The maximum absolute atomic E-state index is 13.5. The van der Waals surface area contributed by atoms with Crippen LogP contribution in [-0.2, 0) is 14.8 Å². The number of carbonyl (C=O) groups excluding carboxylic acids is 1. The van der Waals surface area contributed by atoms with Gasteiger partial charge in [-0.05, 0) is 69.0 Å². The van der Waals surface area contributed by atoms with Gasteiger partial charge in [-0.3, -0.25) is 9.10 Å². The standard InChI is InChI=1S/C27H36BrN3O3S/c1-22-13-19-26(20-14-22)35(33,34)31(25-17-15-23(28)16-18-25)21-27(32)30-29-24-11-9-7-5-3-2-4-6-8-10-12-24/h13-20H,2-12,21H2,1H3,(H,30,32). The van der Waals surface area contributed by atoms with Crippen molar-refractivity contribution < 1.29 is 13.2 Å². The van der Waals surface area contributed by atoms with Gasteiger partial charge in [0, 0.05) is 10.2 Å². The van der Waals surface area contributed by atoms with Gasteiger partial charge in [0.2, 0.25) is 0 Å². The lowest BCUT2D eigenvalue weighted by molar-refractivity contribution is -0.119. The van der Waals surface area contributed by atoms with Gasteiger partial charge < -0.3 is 0 Å². The fraction of sp³-hybridized carbons (Fsp3) is 0.481. The maximum atomic E-state index is 13.5. The molecule has 0 bridgehead atoms. The molecule has 0 unspecified atom stereocenters. The van der Waals surface area contributed by atoms with E-state index in [2.05, 4.69) is 26.5 Å². The van der Waals surface area contributed by atoms with Crippen LogP contribution in [0.1, 0.15) is 76.2 Å². The molecule has 1 fully saturated rings. The number of hydrogen-bond acceptors (Lipinski definition) is 4. The van der Waals surface area contributed by atoms with Crippen molar-refractivity contribution >= 4 is 43.3 Å². The van der Waals surface area contributed by atoms with Crippen molar-refractivity contribution in [3.8, 4) is 0 Å². The van der Waals surface area contributed by atoms with Gasteiger partial charge in [0.1, 0.15) is 6.54 Å². The molecule has 1 aliphatic rings. The molecule has 1 N–H and O–H groups in total. The van der Waals surface area contributed by atoms with Crippen LogP contribution in [0.25, 0.3) is 0 Å². The highest BCUT2D eigenvalue weighted by Crippen LogP contribution is 2.25. The Bertz CT molecular complexity index is 1070. The molecule has 1 amide bonds. The number of hydrogen-bond donors (Lipinski definition) is 1. The van der Waals surface area contributed by atoms with Gasteiger partial charge in [-0.25, -0.2) is 13.8 Å². The third-order valence-electron chi connectivity index (χ3n) is 6.28. The quantitative estimate of drug-likeness (QED) is 0.397. The van der Waals surface area contributed by atoms with Crippen molar-refractivity contribution in [2.45, 2.75) is 82.4 Å². The zero-order valence-corrected chi connectivity index (χ0v) is 22.9. The Morgan fingerprint density at radius 1 is 0.857 bits per heavy atom. The molecule has 35 heavy (non-hydrogen) atoms. The fourth-order valence-corrected chi connectivity index (χ4v) is 5.88. The van der Waals surface area contributed by atoms with Crippen molar-refractivity contribution in [1.82, 2.24) is 5.43 Å². The SMILES string of the molecule is Cc1ccc(S(=O)(=O)N(CC(=O)NN=C2CCCCCCCCCCC2)c2ccc(Br)cc2)cc1. The molecule has 0 spiro atoms. The van der Waals surface area contributed by atoms with Crippen LogP contribution in [0.3, 0.4) is 0 Å². The molecule has 8 heteroatoms. The van der Waals surface area contributed by atoms with Crippen LogP contribution in [0, 0.1) is 6.92 Å². The smallest absolute Gasteiger partial charge is 0.264 e. The van der Waals surface area contributed by atoms with Gasteiger partial charge in [0.15, 0.2) is 0 Å². The minimum atomic E-state index is -3.94. The highest BCUT2D eigenvalue weighted by molar-refractivity contribution is 9.10. The Kier molecular flexibility index (Phi) is 10.8. The lowest BCUT2D eigenvalue weighted by Crippen LogP contribution is -2.39. The average molecular weight is 563 g/mol. The van der Waals surface area contributed by atoms with Crippen LogP contribution >= 0.6 is 15.9 Å². The molecule has 190 valence electrons. The summed E-state index contributed by atoms with van der Waals surface area (Å²) in [5.41, 5.74) is 5.02. The van der Waals surface area contributed by atoms with E-state index < -0.39 is 15.9 Å². The Morgan fingerprint density at radius 3 is 1.91 bits per heavy atom. The van der Waals surface area contributed by atoms with Crippen molar-refractivity contribution in [2.24, 2.45) is 5.10 Å². The Labute approximate surface area is 218 Å². The molecular formula is C27H36BrN3O3S. The minimum Gasteiger partial charge on any atom is -0.271 e. The zero-order valence-electron chi connectivity index (χ0n) is 20.5. The number of amides is 1. The number of aryl methyl sites for hydroxylation is 1. The molecule has 1 aliphatic carbocycles. The van der Waals surface area contributed by atoms with Crippen LogP contribution in [0.5, 0.6) is 0 Å². The Hall–Kier alpha value is -2.19. The van der Waals surface area contributed by atoms with Crippen molar-refractivity contribution in [1.29, 1.82) is 0 Å². The molecule has 2 aromatic carbocycles. The molecule has 0 heterocycles. The molecule has 0 aromatic heterocycles. The summed E-state index contributed by atoms with van der Waals surface area (Å²) in [7, 11) is -3.94. The van der Waals surface area contributed by atoms with E-state index in [1.54, 1.807) is 48.5 Å². The molecule has 0 saturated heterocycles. The van der Waals surface area contributed by atoms with Crippen LogP contribution in [-0.4, -0.2) is 26.6 Å². The van der Waals surface area contributed by atoms with Gasteiger partial charge in [-0.15, -0.1) is 0 Å². The van der Waals surface area contributed by atoms with E-state index in [9.17, 15) is 13.2 Å². The number of halogens is 1. The second kappa shape index (κ2) is 13.8. The molecule has 0 aliphatic heterocycles. The Balaban J connectivity index is 1.75. The van der Waals surface area contributed by atoms with Gasteiger partial charge in [0.25, 0.3) is 15.9 Å². The summed E-state index contributed by atoms with van der Waals surface area (Å²) in [4.78, 5) is 13.1. The zero-order chi connectivity index (χ0) is 25.1. The predicted molar refractivity (Wildman–Crippen MR) is 146 cm³/mol. The van der Waals surface area contributed by atoms with E-state index in [-0.39, 0.29) is 11.4 Å². The van der Waals surface area contributed by atoms with E-state index in [4.69, 9.17) is 0 Å². The van der Waals surface area contributed by atoms with Gasteiger partial charge in [-0.2, -0.15) is 5.10 Å². The summed E-state index contributed by atoms with van der Waals surface area (Å²) in [5.74, 6) is -0.456. The van der Waals surface area contributed by atoms with E-state index in [0.717, 1.165) is 45.7 Å². The second-order valence-electron chi connectivity index (χ2n) is 9.20. The minimum absolute atomic E-state index is 0.143. The largest absolute Gasteiger partial charge is 0.271 e. The lowest BCUT2D eigenvalue weighted by atomic mass is 10.00.